The number of aryl methyl sites for hydroxylation is 1. The lowest BCUT2D eigenvalue weighted by molar-refractivity contribution is 0.0521. The van der Waals surface area contributed by atoms with E-state index in [0.29, 0.717) is 28.7 Å². The molecule has 2 atom stereocenters. The van der Waals surface area contributed by atoms with E-state index >= 15 is 0 Å². The Morgan fingerprint density at radius 3 is 2.43 bits per heavy atom. The summed E-state index contributed by atoms with van der Waals surface area (Å²) in [5.41, 5.74) is 5.58. The maximum Gasteiger partial charge on any atom is 0.270 e. The molecule has 8 nitrogen and oxygen atoms in total. The van der Waals surface area contributed by atoms with Gasteiger partial charge in [-0.25, -0.2) is 4.98 Å². The number of pyridine rings is 1. The summed E-state index contributed by atoms with van der Waals surface area (Å²) in [5.74, 6) is 0.818. The van der Waals surface area contributed by atoms with E-state index in [2.05, 4.69) is 9.36 Å². The van der Waals surface area contributed by atoms with Gasteiger partial charge in [0.1, 0.15) is 25.1 Å². The Labute approximate surface area is 206 Å². The normalized spacial score (nSPS) is 12.4. The largest absolute Gasteiger partial charge is 0.568 e. The minimum atomic E-state index is -1.59. The maximum atomic E-state index is 11.9. The summed E-state index contributed by atoms with van der Waals surface area (Å²) >= 11 is 0. The van der Waals surface area contributed by atoms with E-state index in [4.69, 9.17) is 14.6 Å². The van der Waals surface area contributed by atoms with Crippen LogP contribution in [-0.4, -0.2) is 48.5 Å². The summed E-state index contributed by atoms with van der Waals surface area (Å²) in [4.78, 5) is 4.94. The molecule has 0 spiro atoms. The highest BCUT2D eigenvalue weighted by atomic mass is 32.2. The van der Waals surface area contributed by atoms with E-state index in [9.17, 15) is 14.8 Å². The SMILES string of the molecule is Cc1nc(OC[C@H](O)CO)ccc1-c1cccc(COc2ccc(-c3cc(O)n[s+]3[O-])cc2)c1C. The fourth-order valence-corrected chi connectivity index (χ4v) is 4.52. The molecule has 0 aliphatic rings. The quantitative estimate of drug-likeness (QED) is 0.296. The van der Waals surface area contributed by atoms with Crippen LogP contribution >= 0.6 is 10.9 Å². The van der Waals surface area contributed by atoms with Crippen LogP contribution in [0.15, 0.2) is 60.7 Å². The van der Waals surface area contributed by atoms with Gasteiger partial charge in [0.25, 0.3) is 5.88 Å². The van der Waals surface area contributed by atoms with Gasteiger partial charge in [-0.2, -0.15) is 0 Å². The van der Waals surface area contributed by atoms with Gasteiger partial charge in [-0.1, -0.05) is 18.2 Å². The Morgan fingerprint density at radius 1 is 1.00 bits per heavy atom. The molecule has 0 radical (unpaired) electrons. The Morgan fingerprint density at radius 2 is 1.77 bits per heavy atom. The average molecular weight is 495 g/mol. The first-order valence-electron chi connectivity index (χ1n) is 11.0. The predicted octanol–water partition coefficient (Wildman–Crippen LogP) is 4.17. The highest BCUT2D eigenvalue weighted by Gasteiger charge is 2.15. The van der Waals surface area contributed by atoms with E-state index in [1.54, 1.807) is 30.3 Å². The lowest BCUT2D eigenvalue weighted by atomic mass is 9.96. The van der Waals surface area contributed by atoms with Gasteiger partial charge >= 0.3 is 0 Å². The van der Waals surface area contributed by atoms with E-state index in [1.165, 1.54) is 6.07 Å². The zero-order chi connectivity index (χ0) is 24.9. The van der Waals surface area contributed by atoms with Crippen molar-refractivity contribution >= 4 is 10.9 Å². The predicted molar refractivity (Wildman–Crippen MR) is 132 cm³/mol. The van der Waals surface area contributed by atoms with Crippen LogP contribution in [-0.2, 0) is 6.61 Å². The number of aromatic hydroxyl groups is 1. The van der Waals surface area contributed by atoms with E-state index in [0.717, 1.165) is 27.9 Å². The molecule has 4 rings (SSSR count). The molecule has 0 saturated carbocycles. The summed E-state index contributed by atoms with van der Waals surface area (Å²) in [5, 5.41) is 27.8. The number of aromatic nitrogens is 2. The number of rotatable bonds is 9. The number of hydrogen-bond donors (Lipinski definition) is 3. The molecule has 1 unspecified atom stereocenters. The van der Waals surface area contributed by atoms with Gasteiger partial charge < -0.3 is 29.3 Å². The first-order chi connectivity index (χ1) is 16.9. The average Bonchev–Trinajstić information content (AvgIpc) is 3.20. The Kier molecular flexibility index (Phi) is 7.62. The summed E-state index contributed by atoms with van der Waals surface area (Å²) in [6, 6.07) is 18.2. The standard InChI is InChI=1S/C26H26N2O6S/c1-16-19(14-33-21-8-6-18(7-9-21)24-12-25(31)28-35(24)32)4-3-5-22(16)23-10-11-26(27-17(23)2)34-15-20(30)13-29/h3-12,20,29-30H,13-15H2,1-2H3,(H,28,31)/t20-,35?/m1/s1. The first-order valence-corrected chi connectivity index (χ1v) is 12.1. The topological polar surface area (TPSA) is 128 Å². The molecule has 3 N–H and O–H groups in total. The molecule has 2 heterocycles. The third kappa shape index (κ3) is 5.77. The zero-order valence-corrected chi connectivity index (χ0v) is 20.2. The molecule has 2 aromatic heterocycles. The molecule has 0 aliphatic heterocycles. The maximum absolute atomic E-state index is 11.9. The molecule has 35 heavy (non-hydrogen) atoms. The van der Waals surface area contributed by atoms with E-state index < -0.39 is 17.1 Å². The molecule has 4 aromatic rings. The van der Waals surface area contributed by atoms with Crippen molar-refractivity contribution in [2.75, 3.05) is 13.2 Å². The smallest absolute Gasteiger partial charge is 0.270 e. The van der Waals surface area contributed by atoms with Gasteiger partial charge in [-0.3, -0.25) is 0 Å². The summed E-state index contributed by atoms with van der Waals surface area (Å²) < 4.78 is 27.0. The van der Waals surface area contributed by atoms with Crippen molar-refractivity contribution in [3.63, 3.8) is 0 Å². The van der Waals surface area contributed by atoms with Crippen LogP contribution in [0.5, 0.6) is 17.5 Å². The van der Waals surface area contributed by atoms with Gasteiger partial charge in [0.15, 0.2) is 0 Å². The molecule has 0 aliphatic carbocycles. The van der Waals surface area contributed by atoms with Gasteiger partial charge in [0.2, 0.25) is 10.8 Å². The number of nitrogens with zero attached hydrogens (tertiary/aromatic N) is 2. The zero-order valence-electron chi connectivity index (χ0n) is 19.3. The summed E-state index contributed by atoms with van der Waals surface area (Å²) in [6.45, 7) is 3.90. The van der Waals surface area contributed by atoms with E-state index in [1.807, 2.05) is 38.1 Å². The highest BCUT2D eigenvalue weighted by molar-refractivity contribution is 7.23. The molecule has 182 valence electrons. The molecule has 0 amide bonds. The monoisotopic (exact) mass is 494 g/mol. The highest BCUT2D eigenvalue weighted by Crippen LogP contribution is 2.34. The Hall–Kier alpha value is -3.50. The number of aliphatic hydroxyl groups excluding tert-OH is 2. The van der Waals surface area contributed by atoms with Crippen molar-refractivity contribution < 1.29 is 29.3 Å². The Balaban J connectivity index is 1.46. The van der Waals surface area contributed by atoms with Crippen molar-refractivity contribution in [2.45, 2.75) is 26.6 Å². The van der Waals surface area contributed by atoms with E-state index in [-0.39, 0.29) is 19.1 Å². The molecule has 0 fully saturated rings. The van der Waals surface area contributed by atoms with Gasteiger partial charge in [0, 0.05) is 27.3 Å². The minimum Gasteiger partial charge on any atom is -0.568 e. The van der Waals surface area contributed by atoms with Gasteiger partial charge in [-0.05, 0) is 60.9 Å². The minimum absolute atomic E-state index is 0.0270. The second-order valence-corrected chi connectivity index (χ2v) is 9.16. The molecular formula is C26H26N2O6S. The fraction of sp³-hybridized carbons (Fsp3) is 0.231. The molecule has 0 saturated heterocycles. The van der Waals surface area contributed by atoms with Crippen molar-refractivity contribution in [1.29, 1.82) is 0 Å². The first kappa shape index (κ1) is 24.6. The van der Waals surface area contributed by atoms with Gasteiger partial charge in [0.05, 0.1) is 23.6 Å². The van der Waals surface area contributed by atoms with Crippen molar-refractivity contribution in [2.24, 2.45) is 0 Å². The second-order valence-electron chi connectivity index (χ2n) is 8.04. The number of ether oxygens (including phenoxy) is 2. The Bertz CT molecular complexity index is 1310. The lowest BCUT2D eigenvalue weighted by Gasteiger charge is -2.15. The van der Waals surface area contributed by atoms with Crippen LogP contribution < -0.4 is 9.47 Å². The fourth-order valence-electron chi connectivity index (χ4n) is 3.66. The lowest BCUT2D eigenvalue weighted by Crippen LogP contribution is -2.21. The van der Waals surface area contributed by atoms with Crippen LogP contribution in [0.2, 0.25) is 0 Å². The third-order valence-corrected chi connectivity index (χ3v) is 6.67. The van der Waals surface area contributed by atoms with Crippen LogP contribution in [0.3, 0.4) is 0 Å². The van der Waals surface area contributed by atoms with Crippen LogP contribution in [0.1, 0.15) is 16.8 Å². The molecule has 2 aromatic carbocycles. The van der Waals surface area contributed by atoms with Crippen LogP contribution in [0.25, 0.3) is 21.6 Å². The number of hydrogen-bond acceptors (Lipinski definition) is 8. The summed E-state index contributed by atoms with van der Waals surface area (Å²) in [6.07, 6.45) is -0.946. The van der Waals surface area contributed by atoms with Gasteiger partial charge in [-0.15, -0.1) is 0 Å². The van der Waals surface area contributed by atoms with Crippen molar-refractivity contribution in [3.05, 3.63) is 77.5 Å². The second kappa shape index (κ2) is 10.8. The molecule has 0 bridgehead atoms. The van der Waals surface area contributed by atoms with Crippen LogP contribution in [0, 0.1) is 13.8 Å². The van der Waals surface area contributed by atoms with Crippen molar-refractivity contribution in [3.8, 4) is 39.1 Å². The molecular weight excluding hydrogens is 468 g/mol. The summed E-state index contributed by atoms with van der Waals surface area (Å²) in [7, 11) is -1.59. The number of benzene rings is 2. The van der Waals surface area contributed by atoms with Crippen LogP contribution in [0.4, 0.5) is 0 Å². The molecule has 9 heteroatoms. The van der Waals surface area contributed by atoms with Crippen molar-refractivity contribution in [1.82, 2.24) is 9.36 Å². The number of aliphatic hydroxyl groups is 2. The third-order valence-electron chi connectivity index (χ3n) is 5.59.